The fraction of sp³-hybridized carbons (Fsp3) is 0.364. The molecule has 0 saturated carbocycles. The molecule has 0 aliphatic carbocycles. The van der Waals surface area contributed by atoms with Crippen molar-refractivity contribution in [3.8, 4) is 0 Å². The number of carbonyl (C=O) groups excluding carboxylic acids is 2. The molecule has 5 nitrogen and oxygen atoms in total. The molecular weight excluding hydrogens is 340 g/mol. The van der Waals surface area contributed by atoms with Crippen LogP contribution in [0.5, 0.6) is 0 Å². The first-order valence-electron chi connectivity index (χ1n) is 9.47. The third-order valence-electron chi connectivity index (χ3n) is 4.87. The zero-order valence-electron chi connectivity index (χ0n) is 15.9. The summed E-state index contributed by atoms with van der Waals surface area (Å²) in [6.07, 6.45) is 2.87. The van der Waals surface area contributed by atoms with E-state index in [-0.39, 0.29) is 5.91 Å². The van der Waals surface area contributed by atoms with E-state index in [0.717, 1.165) is 18.7 Å². The maximum absolute atomic E-state index is 12.4. The van der Waals surface area contributed by atoms with E-state index in [1.807, 2.05) is 43.3 Å². The third kappa shape index (κ3) is 4.88. The first kappa shape index (κ1) is 19.0. The molecule has 1 fully saturated rings. The first-order valence-corrected chi connectivity index (χ1v) is 9.47. The number of hydrogen-bond donors (Lipinski definition) is 1. The molecule has 3 rings (SSSR count). The van der Waals surface area contributed by atoms with Crippen LogP contribution in [0.3, 0.4) is 0 Å². The SMILES string of the molecule is Cc1ccccc1C(=O)O[C@@H](C)C(=O)Nc1ccc(N2CCCCC2)cc1. The lowest BCUT2D eigenvalue weighted by molar-refractivity contribution is -0.123. The zero-order valence-corrected chi connectivity index (χ0v) is 15.9. The van der Waals surface area contributed by atoms with Gasteiger partial charge in [0.2, 0.25) is 0 Å². The average Bonchev–Trinajstić information content (AvgIpc) is 2.69. The van der Waals surface area contributed by atoms with Crippen LogP contribution >= 0.6 is 0 Å². The number of hydrogen-bond acceptors (Lipinski definition) is 4. The number of aryl methyl sites for hydroxylation is 1. The molecule has 1 N–H and O–H groups in total. The van der Waals surface area contributed by atoms with Gasteiger partial charge in [-0.15, -0.1) is 0 Å². The van der Waals surface area contributed by atoms with Crippen LogP contribution in [0.4, 0.5) is 11.4 Å². The maximum Gasteiger partial charge on any atom is 0.339 e. The van der Waals surface area contributed by atoms with E-state index in [1.165, 1.54) is 24.9 Å². The summed E-state index contributed by atoms with van der Waals surface area (Å²) >= 11 is 0. The molecule has 1 aliphatic heterocycles. The van der Waals surface area contributed by atoms with Crippen molar-refractivity contribution in [1.82, 2.24) is 0 Å². The molecule has 2 aromatic carbocycles. The molecule has 2 aromatic rings. The number of ether oxygens (including phenoxy) is 1. The standard InChI is InChI=1S/C22H26N2O3/c1-16-8-4-5-9-20(16)22(26)27-17(2)21(25)23-18-10-12-19(13-11-18)24-14-6-3-7-15-24/h4-5,8-13,17H,3,6-7,14-15H2,1-2H3,(H,23,25)/t17-/m0/s1. The topological polar surface area (TPSA) is 58.6 Å². The Bertz CT molecular complexity index is 795. The molecule has 0 bridgehead atoms. The number of nitrogens with zero attached hydrogens (tertiary/aromatic N) is 1. The highest BCUT2D eigenvalue weighted by atomic mass is 16.5. The Morgan fingerprint density at radius 2 is 1.67 bits per heavy atom. The quantitative estimate of drug-likeness (QED) is 0.807. The molecule has 1 amide bonds. The van der Waals surface area contributed by atoms with Crippen molar-refractivity contribution in [3.05, 3.63) is 59.7 Å². The number of esters is 1. The second-order valence-electron chi connectivity index (χ2n) is 6.95. The lowest BCUT2D eigenvalue weighted by Crippen LogP contribution is -2.30. The molecule has 0 aromatic heterocycles. The van der Waals surface area contributed by atoms with Crippen molar-refractivity contribution in [2.24, 2.45) is 0 Å². The van der Waals surface area contributed by atoms with Crippen LogP contribution in [0.25, 0.3) is 0 Å². The summed E-state index contributed by atoms with van der Waals surface area (Å²) in [5.74, 6) is -0.834. The molecule has 142 valence electrons. The molecule has 5 heteroatoms. The van der Waals surface area contributed by atoms with Gasteiger partial charge in [-0.3, -0.25) is 4.79 Å². The summed E-state index contributed by atoms with van der Waals surface area (Å²) < 4.78 is 5.31. The van der Waals surface area contributed by atoms with Gasteiger partial charge in [-0.1, -0.05) is 18.2 Å². The minimum Gasteiger partial charge on any atom is -0.449 e. The fourth-order valence-corrected chi connectivity index (χ4v) is 3.23. The van der Waals surface area contributed by atoms with Crippen LogP contribution in [-0.4, -0.2) is 31.1 Å². The van der Waals surface area contributed by atoms with Crippen LogP contribution in [-0.2, 0) is 9.53 Å². The zero-order chi connectivity index (χ0) is 19.2. The van der Waals surface area contributed by atoms with Gasteiger partial charge >= 0.3 is 5.97 Å². The van der Waals surface area contributed by atoms with Gasteiger partial charge in [-0.05, 0) is 69.0 Å². The van der Waals surface area contributed by atoms with E-state index >= 15 is 0 Å². The van der Waals surface area contributed by atoms with Gasteiger partial charge in [-0.2, -0.15) is 0 Å². The normalized spacial score (nSPS) is 15.1. The monoisotopic (exact) mass is 366 g/mol. The molecule has 1 heterocycles. The van der Waals surface area contributed by atoms with Gasteiger partial charge in [0.1, 0.15) is 0 Å². The summed E-state index contributed by atoms with van der Waals surface area (Å²) in [6.45, 7) is 5.58. The smallest absolute Gasteiger partial charge is 0.339 e. The fourth-order valence-electron chi connectivity index (χ4n) is 3.23. The summed E-state index contributed by atoms with van der Waals surface area (Å²) in [5.41, 5.74) is 3.16. The maximum atomic E-state index is 12.4. The molecule has 0 radical (unpaired) electrons. The number of carbonyl (C=O) groups is 2. The predicted octanol–water partition coefficient (Wildman–Crippen LogP) is 4.17. The molecule has 1 saturated heterocycles. The highest BCUT2D eigenvalue weighted by molar-refractivity contribution is 5.97. The van der Waals surface area contributed by atoms with Crippen LogP contribution in [0.2, 0.25) is 0 Å². The average molecular weight is 366 g/mol. The van der Waals surface area contributed by atoms with Crippen LogP contribution in [0.15, 0.2) is 48.5 Å². The third-order valence-corrected chi connectivity index (χ3v) is 4.87. The number of piperidine rings is 1. The number of benzene rings is 2. The second-order valence-corrected chi connectivity index (χ2v) is 6.95. The Morgan fingerprint density at radius 1 is 1.00 bits per heavy atom. The van der Waals surface area contributed by atoms with Crippen LogP contribution in [0.1, 0.15) is 42.1 Å². The largest absolute Gasteiger partial charge is 0.449 e. The number of rotatable bonds is 5. The van der Waals surface area contributed by atoms with E-state index in [1.54, 1.807) is 19.1 Å². The van der Waals surface area contributed by atoms with Crippen LogP contribution < -0.4 is 10.2 Å². The second kappa shape index (κ2) is 8.71. The van der Waals surface area contributed by atoms with E-state index < -0.39 is 12.1 Å². The van der Waals surface area contributed by atoms with Crippen molar-refractivity contribution in [1.29, 1.82) is 0 Å². The van der Waals surface area contributed by atoms with E-state index in [0.29, 0.717) is 11.3 Å². The minimum atomic E-state index is -0.876. The number of nitrogens with one attached hydrogen (secondary N) is 1. The van der Waals surface area contributed by atoms with Gasteiger partial charge in [0, 0.05) is 24.5 Å². The highest BCUT2D eigenvalue weighted by Crippen LogP contribution is 2.22. The van der Waals surface area contributed by atoms with Gasteiger partial charge in [0.15, 0.2) is 6.10 Å². The van der Waals surface area contributed by atoms with Gasteiger partial charge in [0.05, 0.1) is 5.56 Å². The lowest BCUT2D eigenvalue weighted by Gasteiger charge is -2.28. The van der Waals surface area contributed by atoms with Crippen LogP contribution in [0, 0.1) is 6.92 Å². The summed E-state index contributed by atoms with van der Waals surface area (Å²) in [5, 5.41) is 2.81. The van der Waals surface area contributed by atoms with E-state index in [9.17, 15) is 9.59 Å². The van der Waals surface area contributed by atoms with Gasteiger partial charge < -0.3 is 15.0 Å². The van der Waals surface area contributed by atoms with Crippen molar-refractivity contribution < 1.29 is 14.3 Å². The van der Waals surface area contributed by atoms with E-state index in [2.05, 4.69) is 10.2 Å². The Kier molecular flexibility index (Phi) is 6.12. The molecule has 1 aliphatic rings. The predicted molar refractivity (Wildman–Crippen MR) is 107 cm³/mol. The molecule has 27 heavy (non-hydrogen) atoms. The molecule has 1 atom stereocenters. The van der Waals surface area contributed by atoms with Crippen molar-refractivity contribution >= 4 is 23.3 Å². The van der Waals surface area contributed by atoms with E-state index in [4.69, 9.17) is 4.74 Å². The minimum absolute atomic E-state index is 0.345. The lowest BCUT2D eigenvalue weighted by atomic mass is 10.1. The molecular formula is C22H26N2O3. The first-order chi connectivity index (χ1) is 13.0. The van der Waals surface area contributed by atoms with Gasteiger partial charge in [0.25, 0.3) is 5.91 Å². The summed E-state index contributed by atoms with van der Waals surface area (Å²) in [7, 11) is 0. The van der Waals surface area contributed by atoms with Gasteiger partial charge in [-0.25, -0.2) is 4.79 Å². The van der Waals surface area contributed by atoms with Crippen molar-refractivity contribution in [3.63, 3.8) is 0 Å². The van der Waals surface area contributed by atoms with Crippen molar-refractivity contribution in [2.75, 3.05) is 23.3 Å². The van der Waals surface area contributed by atoms with Crippen molar-refractivity contribution in [2.45, 2.75) is 39.2 Å². The summed E-state index contributed by atoms with van der Waals surface area (Å²) in [6, 6.07) is 15.0. The Balaban J connectivity index is 1.56. The molecule has 0 unspecified atom stereocenters. The Morgan fingerprint density at radius 3 is 2.33 bits per heavy atom. The summed E-state index contributed by atoms with van der Waals surface area (Å²) in [4.78, 5) is 27.0. The number of anilines is 2. The highest BCUT2D eigenvalue weighted by Gasteiger charge is 2.20. The molecule has 0 spiro atoms. The Labute approximate surface area is 160 Å². The Hall–Kier alpha value is -2.82. The number of amides is 1.